The Labute approximate surface area is 123 Å². The zero-order chi connectivity index (χ0) is 16.2. The third-order valence-electron chi connectivity index (χ3n) is 3.55. The van der Waals surface area contributed by atoms with Crippen molar-refractivity contribution in [3.8, 4) is 0 Å². The van der Waals surface area contributed by atoms with Gasteiger partial charge < -0.3 is 18.9 Å². The van der Waals surface area contributed by atoms with Crippen LogP contribution in [0, 0.1) is 11.8 Å². The summed E-state index contributed by atoms with van der Waals surface area (Å²) in [6, 6.07) is 0. The fraction of sp³-hybridized carbons (Fsp3) is 0.786. The van der Waals surface area contributed by atoms with Gasteiger partial charge in [0.1, 0.15) is 6.61 Å². The van der Waals surface area contributed by atoms with Crippen molar-refractivity contribution in [2.75, 3.05) is 6.61 Å². The molecule has 0 aliphatic carbocycles. The summed E-state index contributed by atoms with van der Waals surface area (Å²) in [4.78, 5) is 33.3. The molecule has 0 aromatic carbocycles. The normalized spacial score (nSPS) is 32.1. The number of carbonyl (C=O) groups is 3. The predicted molar refractivity (Wildman–Crippen MR) is 70.9 cm³/mol. The van der Waals surface area contributed by atoms with Crippen LogP contribution in [0.1, 0.15) is 34.6 Å². The second-order valence-electron chi connectivity index (χ2n) is 5.25. The van der Waals surface area contributed by atoms with E-state index in [2.05, 4.69) is 0 Å². The third kappa shape index (κ3) is 5.00. The number of hydrogen-bond donors (Lipinski definition) is 0. The van der Waals surface area contributed by atoms with Crippen LogP contribution >= 0.6 is 0 Å². The first-order chi connectivity index (χ1) is 9.72. The van der Waals surface area contributed by atoms with Gasteiger partial charge in [-0.25, -0.2) is 0 Å². The molecular weight excluding hydrogens is 280 g/mol. The van der Waals surface area contributed by atoms with E-state index in [0.717, 1.165) is 0 Å². The molecule has 7 nitrogen and oxygen atoms in total. The van der Waals surface area contributed by atoms with E-state index in [-0.39, 0.29) is 18.4 Å². The molecule has 0 saturated carbocycles. The quantitative estimate of drug-likeness (QED) is 0.566. The van der Waals surface area contributed by atoms with Gasteiger partial charge in [0.2, 0.25) is 6.29 Å². The Hall–Kier alpha value is -1.63. The molecule has 5 atom stereocenters. The third-order valence-corrected chi connectivity index (χ3v) is 3.55. The van der Waals surface area contributed by atoms with Crippen molar-refractivity contribution in [3.63, 3.8) is 0 Å². The minimum Gasteiger partial charge on any atom is -0.463 e. The van der Waals surface area contributed by atoms with Crippen molar-refractivity contribution in [2.24, 2.45) is 11.8 Å². The first kappa shape index (κ1) is 17.4. The Morgan fingerprint density at radius 3 is 1.95 bits per heavy atom. The van der Waals surface area contributed by atoms with Crippen LogP contribution in [0.5, 0.6) is 0 Å². The summed E-state index contributed by atoms with van der Waals surface area (Å²) in [7, 11) is 0. The largest absolute Gasteiger partial charge is 0.463 e. The molecule has 1 rings (SSSR count). The van der Waals surface area contributed by atoms with Gasteiger partial charge in [0.15, 0.2) is 6.10 Å². The van der Waals surface area contributed by atoms with Crippen LogP contribution in [0.4, 0.5) is 0 Å². The van der Waals surface area contributed by atoms with Gasteiger partial charge in [-0.3, -0.25) is 14.4 Å². The summed E-state index contributed by atoms with van der Waals surface area (Å²) in [5, 5.41) is 0. The molecule has 7 heteroatoms. The Bertz CT molecular complexity index is 404. The van der Waals surface area contributed by atoms with Crippen molar-refractivity contribution in [2.45, 2.75) is 53.1 Å². The number of esters is 3. The molecule has 0 bridgehead atoms. The Balaban J connectivity index is 2.84. The van der Waals surface area contributed by atoms with E-state index in [1.54, 1.807) is 0 Å². The molecule has 120 valence electrons. The predicted octanol–water partition coefficient (Wildman–Crippen LogP) is 1.04. The molecule has 0 N–H and O–H groups in total. The van der Waals surface area contributed by atoms with Crippen molar-refractivity contribution < 1.29 is 33.3 Å². The lowest BCUT2D eigenvalue weighted by molar-refractivity contribution is -0.271. The maximum Gasteiger partial charge on any atom is 0.305 e. The molecule has 1 fully saturated rings. The zero-order valence-electron chi connectivity index (χ0n) is 13.0. The van der Waals surface area contributed by atoms with Crippen LogP contribution in [0.3, 0.4) is 0 Å². The molecule has 1 heterocycles. The first-order valence-electron chi connectivity index (χ1n) is 6.85. The van der Waals surface area contributed by atoms with Gasteiger partial charge in [-0.05, 0) is 5.92 Å². The standard InChI is InChI=1S/C14H22O7/c1-7-8(2)13(19-10(4)16)14(20-11(5)17)21-12(7)6-18-9(3)15/h7-8,12-14H,6H2,1-5H3/t7-,8-,12?,13?,14-/m0/s1. The second kappa shape index (κ2) is 7.40. The second-order valence-corrected chi connectivity index (χ2v) is 5.25. The topological polar surface area (TPSA) is 88.1 Å². The monoisotopic (exact) mass is 302 g/mol. The average Bonchev–Trinajstić information content (AvgIpc) is 2.35. The van der Waals surface area contributed by atoms with Gasteiger partial charge in [-0.1, -0.05) is 13.8 Å². The lowest BCUT2D eigenvalue weighted by atomic mass is 9.83. The molecule has 1 aliphatic heterocycles. The molecule has 0 radical (unpaired) electrons. The van der Waals surface area contributed by atoms with Crippen molar-refractivity contribution in [3.05, 3.63) is 0 Å². The van der Waals surface area contributed by atoms with Gasteiger partial charge in [0.25, 0.3) is 0 Å². The van der Waals surface area contributed by atoms with Crippen LogP contribution in [-0.2, 0) is 33.3 Å². The highest BCUT2D eigenvalue weighted by Crippen LogP contribution is 2.33. The summed E-state index contributed by atoms with van der Waals surface area (Å²) in [5.41, 5.74) is 0. The molecule has 21 heavy (non-hydrogen) atoms. The van der Waals surface area contributed by atoms with E-state index < -0.39 is 36.4 Å². The van der Waals surface area contributed by atoms with E-state index in [9.17, 15) is 14.4 Å². The van der Waals surface area contributed by atoms with Crippen LogP contribution in [0.15, 0.2) is 0 Å². The van der Waals surface area contributed by atoms with Crippen molar-refractivity contribution >= 4 is 17.9 Å². The summed E-state index contributed by atoms with van der Waals surface area (Å²) in [6.45, 7) is 7.68. The molecule has 0 spiro atoms. The molecule has 0 aromatic heterocycles. The average molecular weight is 302 g/mol. The Kier molecular flexibility index (Phi) is 6.14. The van der Waals surface area contributed by atoms with Gasteiger partial charge in [-0.2, -0.15) is 0 Å². The Morgan fingerprint density at radius 1 is 0.905 bits per heavy atom. The zero-order valence-corrected chi connectivity index (χ0v) is 13.0. The minimum atomic E-state index is -1.00. The van der Waals surface area contributed by atoms with E-state index in [0.29, 0.717) is 0 Å². The highest BCUT2D eigenvalue weighted by atomic mass is 16.7. The molecule has 2 unspecified atom stereocenters. The maximum atomic E-state index is 11.2. The summed E-state index contributed by atoms with van der Waals surface area (Å²) >= 11 is 0. The van der Waals surface area contributed by atoms with Crippen LogP contribution in [-0.4, -0.2) is 43.0 Å². The minimum absolute atomic E-state index is 0.0412. The van der Waals surface area contributed by atoms with E-state index in [1.165, 1.54) is 20.8 Å². The van der Waals surface area contributed by atoms with Gasteiger partial charge in [-0.15, -0.1) is 0 Å². The van der Waals surface area contributed by atoms with Crippen LogP contribution < -0.4 is 0 Å². The smallest absolute Gasteiger partial charge is 0.305 e. The summed E-state index contributed by atoms with van der Waals surface area (Å²) < 4.78 is 20.9. The highest BCUT2D eigenvalue weighted by molar-refractivity contribution is 5.67. The fourth-order valence-corrected chi connectivity index (χ4v) is 2.26. The molecule has 1 aliphatic rings. The van der Waals surface area contributed by atoms with Crippen molar-refractivity contribution in [1.29, 1.82) is 0 Å². The lowest BCUT2D eigenvalue weighted by Crippen LogP contribution is -2.53. The molecular formula is C14H22O7. The van der Waals surface area contributed by atoms with Crippen molar-refractivity contribution in [1.82, 2.24) is 0 Å². The molecule has 0 amide bonds. The number of ether oxygens (including phenoxy) is 4. The number of rotatable bonds is 4. The fourth-order valence-electron chi connectivity index (χ4n) is 2.26. The number of carbonyl (C=O) groups excluding carboxylic acids is 3. The highest BCUT2D eigenvalue weighted by Gasteiger charge is 2.45. The maximum absolute atomic E-state index is 11.2. The van der Waals surface area contributed by atoms with E-state index in [1.807, 2.05) is 13.8 Å². The van der Waals surface area contributed by atoms with E-state index >= 15 is 0 Å². The van der Waals surface area contributed by atoms with E-state index in [4.69, 9.17) is 18.9 Å². The molecule has 1 saturated heterocycles. The van der Waals surface area contributed by atoms with Gasteiger partial charge in [0.05, 0.1) is 6.10 Å². The summed E-state index contributed by atoms with van der Waals surface area (Å²) in [6.07, 6.45) is -2.12. The Morgan fingerprint density at radius 2 is 1.48 bits per heavy atom. The van der Waals surface area contributed by atoms with Crippen LogP contribution in [0.25, 0.3) is 0 Å². The lowest BCUT2D eigenvalue weighted by Gasteiger charge is -2.42. The molecule has 0 aromatic rings. The SMILES string of the molecule is CC(=O)OCC1O[C@H](OC(C)=O)C(OC(C)=O)[C@@H](C)[C@@H]1C. The summed E-state index contributed by atoms with van der Waals surface area (Å²) in [5.74, 6) is -1.58. The van der Waals surface area contributed by atoms with Crippen LogP contribution in [0.2, 0.25) is 0 Å². The first-order valence-corrected chi connectivity index (χ1v) is 6.85. The van der Waals surface area contributed by atoms with Gasteiger partial charge >= 0.3 is 17.9 Å². The van der Waals surface area contributed by atoms with Gasteiger partial charge in [0, 0.05) is 26.7 Å². The number of hydrogen-bond acceptors (Lipinski definition) is 7.